The van der Waals surface area contributed by atoms with Gasteiger partial charge < -0.3 is 10.4 Å². The molecule has 0 aliphatic heterocycles. The van der Waals surface area contributed by atoms with Gasteiger partial charge in [-0.1, -0.05) is 6.92 Å². The molecule has 7 heteroatoms. The summed E-state index contributed by atoms with van der Waals surface area (Å²) in [6, 6.07) is 0.861. The Labute approximate surface area is 128 Å². The number of rotatable bonds is 5. The molecule has 0 saturated carbocycles. The van der Waals surface area contributed by atoms with E-state index >= 15 is 0 Å². The number of carbonyl (C=O) groups excluding carboxylic acids is 1. The summed E-state index contributed by atoms with van der Waals surface area (Å²) in [5, 5.41) is 16.5. The molecule has 0 saturated heterocycles. The summed E-state index contributed by atoms with van der Waals surface area (Å²) in [7, 11) is 0. The Hall–Kier alpha value is -2.44. The van der Waals surface area contributed by atoms with E-state index in [0.717, 1.165) is 0 Å². The number of hydrogen-bond acceptors (Lipinski definition) is 4. The maximum absolute atomic E-state index is 12.4. The van der Waals surface area contributed by atoms with Crippen LogP contribution in [0.15, 0.2) is 12.3 Å². The SMILES string of the molecule is CCC(NC(=O)c1cc(C)nc2c1cnn2C(C)C)C(=O)O. The number of carbonyl (C=O) groups is 2. The molecule has 1 atom stereocenters. The minimum atomic E-state index is -1.05. The van der Waals surface area contributed by atoms with Gasteiger partial charge in [0.15, 0.2) is 5.65 Å². The van der Waals surface area contributed by atoms with Crippen LogP contribution in [0, 0.1) is 6.92 Å². The number of carboxylic acid groups (broad SMARTS) is 1. The first-order chi connectivity index (χ1) is 10.3. The van der Waals surface area contributed by atoms with Crippen molar-refractivity contribution in [1.29, 1.82) is 0 Å². The number of hydrogen-bond donors (Lipinski definition) is 2. The van der Waals surface area contributed by atoms with Crippen LogP contribution in [-0.4, -0.2) is 37.8 Å². The van der Waals surface area contributed by atoms with Gasteiger partial charge in [-0.3, -0.25) is 4.79 Å². The number of aliphatic carboxylic acids is 1. The van der Waals surface area contributed by atoms with E-state index in [2.05, 4.69) is 15.4 Å². The number of carboxylic acids is 1. The Balaban J connectivity index is 2.47. The lowest BCUT2D eigenvalue weighted by Gasteiger charge is -2.13. The van der Waals surface area contributed by atoms with Crippen LogP contribution in [0.4, 0.5) is 0 Å². The highest BCUT2D eigenvalue weighted by Gasteiger charge is 2.22. The molecule has 0 radical (unpaired) electrons. The van der Waals surface area contributed by atoms with Crippen LogP contribution in [0.1, 0.15) is 49.3 Å². The summed E-state index contributed by atoms with van der Waals surface area (Å²) < 4.78 is 1.74. The highest BCUT2D eigenvalue weighted by molar-refractivity contribution is 6.06. The molecular weight excluding hydrogens is 284 g/mol. The molecule has 1 amide bonds. The summed E-state index contributed by atoms with van der Waals surface area (Å²) in [5.41, 5.74) is 1.71. The molecule has 22 heavy (non-hydrogen) atoms. The molecule has 2 aromatic rings. The molecule has 118 valence electrons. The Kier molecular flexibility index (Phi) is 4.44. The lowest BCUT2D eigenvalue weighted by atomic mass is 10.1. The number of aromatic nitrogens is 3. The molecular formula is C15H20N4O3. The molecule has 0 fully saturated rings. The van der Waals surface area contributed by atoms with Crippen molar-refractivity contribution in [3.05, 3.63) is 23.5 Å². The normalized spacial score (nSPS) is 12.6. The fraction of sp³-hybridized carbons (Fsp3) is 0.467. The summed E-state index contributed by atoms with van der Waals surface area (Å²) in [5.74, 6) is -1.47. The average Bonchev–Trinajstić information content (AvgIpc) is 2.86. The predicted molar refractivity (Wildman–Crippen MR) is 81.8 cm³/mol. The third kappa shape index (κ3) is 2.93. The molecule has 0 bridgehead atoms. The highest BCUT2D eigenvalue weighted by Crippen LogP contribution is 2.21. The van der Waals surface area contributed by atoms with Crippen LogP contribution in [0.3, 0.4) is 0 Å². The molecule has 0 aliphatic carbocycles. The predicted octanol–water partition coefficient (Wildman–Crippen LogP) is 1.91. The Morgan fingerprint density at radius 3 is 2.64 bits per heavy atom. The molecule has 2 N–H and O–H groups in total. The van der Waals surface area contributed by atoms with E-state index in [-0.39, 0.29) is 6.04 Å². The van der Waals surface area contributed by atoms with Gasteiger partial charge in [0.25, 0.3) is 5.91 Å². The largest absolute Gasteiger partial charge is 0.480 e. The van der Waals surface area contributed by atoms with Crippen LogP contribution in [-0.2, 0) is 4.79 Å². The molecule has 7 nitrogen and oxygen atoms in total. The lowest BCUT2D eigenvalue weighted by Crippen LogP contribution is -2.40. The average molecular weight is 304 g/mol. The monoisotopic (exact) mass is 304 g/mol. The highest BCUT2D eigenvalue weighted by atomic mass is 16.4. The third-order valence-electron chi connectivity index (χ3n) is 3.44. The molecule has 0 aliphatic rings. The first kappa shape index (κ1) is 15.9. The maximum Gasteiger partial charge on any atom is 0.326 e. The number of amides is 1. The summed E-state index contributed by atoms with van der Waals surface area (Å²) >= 11 is 0. The summed E-state index contributed by atoms with van der Waals surface area (Å²) in [6.45, 7) is 7.47. The van der Waals surface area contributed by atoms with Gasteiger partial charge in [0, 0.05) is 11.7 Å². The quantitative estimate of drug-likeness (QED) is 0.879. The lowest BCUT2D eigenvalue weighted by molar-refractivity contribution is -0.139. The second-order valence-electron chi connectivity index (χ2n) is 5.50. The Morgan fingerprint density at radius 2 is 2.09 bits per heavy atom. The van der Waals surface area contributed by atoms with Crippen molar-refractivity contribution in [2.45, 2.75) is 46.2 Å². The van der Waals surface area contributed by atoms with Crippen molar-refractivity contribution in [2.75, 3.05) is 0 Å². The fourth-order valence-electron chi connectivity index (χ4n) is 2.28. The number of nitrogens with one attached hydrogen (secondary N) is 1. The Bertz CT molecular complexity index is 721. The number of aryl methyl sites for hydroxylation is 1. The fourth-order valence-corrected chi connectivity index (χ4v) is 2.28. The van der Waals surface area contributed by atoms with Crippen molar-refractivity contribution in [3.63, 3.8) is 0 Å². The first-order valence-electron chi connectivity index (χ1n) is 7.23. The van der Waals surface area contributed by atoms with E-state index in [1.54, 1.807) is 30.8 Å². The number of fused-ring (bicyclic) bond motifs is 1. The first-order valence-corrected chi connectivity index (χ1v) is 7.23. The van der Waals surface area contributed by atoms with Crippen molar-refractivity contribution in [2.24, 2.45) is 0 Å². The molecule has 2 rings (SSSR count). The maximum atomic E-state index is 12.4. The van der Waals surface area contributed by atoms with E-state index in [0.29, 0.717) is 28.7 Å². The van der Waals surface area contributed by atoms with Crippen LogP contribution < -0.4 is 5.32 Å². The zero-order valence-electron chi connectivity index (χ0n) is 13.1. The van der Waals surface area contributed by atoms with Crippen molar-refractivity contribution < 1.29 is 14.7 Å². The molecule has 2 heterocycles. The Morgan fingerprint density at radius 1 is 1.41 bits per heavy atom. The number of nitrogens with zero attached hydrogens (tertiary/aromatic N) is 3. The van der Waals surface area contributed by atoms with Gasteiger partial charge in [-0.15, -0.1) is 0 Å². The summed E-state index contributed by atoms with van der Waals surface area (Å²) in [6.07, 6.45) is 1.91. The van der Waals surface area contributed by atoms with Gasteiger partial charge in [0.1, 0.15) is 6.04 Å². The van der Waals surface area contributed by atoms with Gasteiger partial charge in [-0.2, -0.15) is 5.10 Å². The van der Waals surface area contributed by atoms with E-state index in [1.165, 1.54) is 0 Å². The van der Waals surface area contributed by atoms with Gasteiger partial charge in [-0.25, -0.2) is 14.5 Å². The van der Waals surface area contributed by atoms with E-state index in [1.807, 2.05) is 13.8 Å². The van der Waals surface area contributed by atoms with Gasteiger partial charge in [-0.05, 0) is 33.3 Å². The van der Waals surface area contributed by atoms with Gasteiger partial charge in [0.05, 0.1) is 17.1 Å². The van der Waals surface area contributed by atoms with Crippen LogP contribution in [0.2, 0.25) is 0 Å². The molecule has 2 aromatic heterocycles. The van der Waals surface area contributed by atoms with Gasteiger partial charge in [0.2, 0.25) is 0 Å². The zero-order chi connectivity index (χ0) is 16.4. The molecule has 0 spiro atoms. The van der Waals surface area contributed by atoms with Crippen molar-refractivity contribution in [3.8, 4) is 0 Å². The zero-order valence-corrected chi connectivity index (χ0v) is 13.1. The van der Waals surface area contributed by atoms with Gasteiger partial charge >= 0.3 is 5.97 Å². The second kappa shape index (κ2) is 6.13. The van der Waals surface area contributed by atoms with E-state index in [9.17, 15) is 9.59 Å². The third-order valence-corrected chi connectivity index (χ3v) is 3.44. The van der Waals surface area contributed by atoms with E-state index in [4.69, 9.17) is 5.11 Å². The minimum Gasteiger partial charge on any atom is -0.480 e. The summed E-state index contributed by atoms with van der Waals surface area (Å²) in [4.78, 5) is 27.9. The second-order valence-corrected chi connectivity index (χ2v) is 5.50. The topological polar surface area (TPSA) is 97.1 Å². The van der Waals surface area contributed by atoms with Crippen LogP contribution in [0.5, 0.6) is 0 Å². The minimum absolute atomic E-state index is 0.116. The standard InChI is InChI=1S/C15H20N4O3/c1-5-12(15(21)22)18-14(20)10-6-9(4)17-13-11(10)7-16-19(13)8(2)3/h6-8,12H,5H2,1-4H3,(H,18,20)(H,21,22). The molecule has 0 aromatic carbocycles. The van der Waals surface area contributed by atoms with E-state index < -0.39 is 17.9 Å². The van der Waals surface area contributed by atoms with Crippen LogP contribution in [0.25, 0.3) is 11.0 Å². The molecule has 1 unspecified atom stereocenters. The van der Waals surface area contributed by atoms with Crippen LogP contribution >= 0.6 is 0 Å². The number of pyridine rings is 1. The smallest absolute Gasteiger partial charge is 0.326 e. The van der Waals surface area contributed by atoms with Crippen molar-refractivity contribution in [1.82, 2.24) is 20.1 Å². The van der Waals surface area contributed by atoms with Crippen molar-refractivity contribution >= 4 is 22.9 Å².